The van der Waals surface area contributed by atoms with Crippen molar-refractivity contribution in [1.82, 2.24) is 15.3 Å². The quantitative estimate of drug-likeness (QED) is 0.767. The molecule has 3 rings (SSSR count). The number of benzene rings is 1. The fourth-order valence-electron chi connectivity index (χ4n) is 3.35. The van der Waals surface area contributed by atoms with Crippen LogP contribution < -0.4 is 10.2 Å². The summed E-state index contributed by atoms with van der Waals surface area (Å²) in [4.78, 5) is 23.9. The Morgan fingerprint density at radius 1 is 1.36 bits per heavy atom. The van der Waals surface area contributed by atoms with Gasteiger partial charge in [0.25, 0.3) is 0 Å². The SMILES string of the molecule is Cc1nc(N2CCCC2C(=O)NC(C)(C)CO)nc2cc(S(C)(=O)=O)ccc12. The first kappa shape index (κ1) is 20.5. The van der Waals surface area contributed by atoms with Crippen molar-refractivity contribution in [3.63, 3.8) is 0 Å². The first-order chi connectivity index (χ1) is 13.0. The van der Waals surface area contributed by atoms with Crippen molar-refractivity contribution in [2.24, 2.45) is 0 Å². The number of hydrogen-bond acceptors (Lipinski definition) is 7. The normalized spacial score (nSPS) is 17.9. The standard InChI is InChI=1S/C19H26N4O4S/c1-12-14-8-7-13(28(4,26)27)10-15(14)21-18(20-12)23-9-5-6-16(23)17(25)22-19(2,3)11-24/h7-8,10,16,24H,5-6,9,11H2,1-4H3,(H,22,25). The van der Waals surface area contributed by atoms with Crippen LogP contribution in [0.1, 0.15) is 32.4 Å². The van der Waals surface area contributed by atoms with Crippen molar-refractivity contribution in [3.8, 4) is 0 Å². The summed E-state index contributed by atoms with van der Waals surface area (Å²) < 4.78 is 23.8. The van der Waals surface area contributed by atoms with Gasteiger partial charge in [-0.3, -0.25) is 4.79 Å². The second kappa shape index (κ2) is 7.29. The predicted molar refractivity (Wildman–Crippen MR) is 107 cm³/mol. The second-order valence-corrected chi connectivity index (χ2v) is 9.96. The Balaban J connectivity index is 1.98. The monoisotopic (exact) mass is 406 g/mol. The highest BCUT2D eigenvalue weighted by molar-refractivity contribution is 7.90. The summed E-state index contributed by atoms with van der Waals surface area (Å²) in [5.41, 5.74) is 0.546. The molecule has 0 aliphatic carbocycles. The van der Waals surface area contributed by atoms with Crippen LogP contribution in [0.25, 0.3) is 10.9 Å². The largest absolute Gasteiger partial charge is 0.394 e. The number of hydrogen-bond donors (Lipinski definition) is 2. The van der Waals surface area contributed by atoms with Gasteiger partial charge in [0, 0.05) is 18.2 Å². The zero-order chi connectivity index (χ0) is 20.7. The van der Waals surface area contributed by atoms with Crippen LogP contribution in [0.15, 0.2) is 23.1 Å². The van der Waals surface area contributed by atoms with Gasteiger partial charge in [-0.1, -0.05) is 0 Å². The molecular weight excluding hydrogens is 380 g/mol. The maximum Gasteiger partial charge on any atom is 0.243 e. The highest BCUT2D eigenvalue weighted by Crippen LogP contribution is 2.27. The predicted octanol–water partition coefficient (Wildman–Crippen LogP) is 1.20. The van der Waals surface area contributed by atoms with Gasteiger partial charge in [0.2, 0.25) is 11.9 Å². The summed E-state index contributed by atoms with van der Waals surface area (Å²) in [6.45, 7) is 5.83. The molecule has 0 spiro atoms. The summed E-state index contributed by atoms with van der Waals surface area (Å²) in [6.07, 6.45) is 2.64. The lowest BCUT2D eigenvalue weighted by molar-refractivity contribution is -0.124. The summed E-state index contributed by atoms with van der Waals surface area (Å²) in [6, 6.07) is 4.38. The van der Waals surface area contributed by atoms with Crippen LogP contribution in [-0.2, 0) is 14.6 Å². The highest BCUT2D eigenvalue weighted by Gasteiger charge is 2.35. The number of carbonyl (C=O) groups is 1. The van der Waals surface area contributed by atoms with E-state index < -0.39 is 21.4 Å². The van der Waals surface area contributed by atoms with E-state index in [1.54, 1.807) is 32.0 Å². The molecule has 8 nitrogen and oxygen atoms in total. The van der Waals surface area contributed by atoms with Gasteiger partial charge in [-0.15, -0.1) is 0 Å². The molecule has 1 saturated heterocycles. The number of anilines is 1. The summed E-state index contributed by atoms with van der Waals surface area (Å²) in [7, 11) is -3.35. The van der Waals surface area contributed by atoms with E-state index >= 15 is 0 Å². The van der Waals surface area contributed by atoms with Crippen molar-refractivity contribution in [1.29, 1.82) is 0 Å². The van der Waals surface area contributed by atoms with Crippen molar-refractivity contribution >= 4 is 32.6 Å². The number of carbonyl (C=O) groups excluding carboxylic acids is 1. The fraction of sp³-hybridized carbons (Fsp3) is 0.526. The third kappa shape index (κ3) is 4.10. The average Bonchev–Trinajstić information content (AvgIpc) is 3.10. The van der Waals surface area contributed by atoms with Crippen LogP contribution >= 0.6 is 0 Å². The summed E-state index contributed by atoms with van der Waals surface area (Å²) in [5, 5.41) is 13.1. The van der Waals surface area contributed by atoms with Crippen LogP contribution in [0.4, 0.5) is 5.95 Å². The average molecular weight is 407 g/mol. The number of sulfone groups is 1. The van der Waals surface area contributed by atoms with Gasteiger partial charge in [0.1, 0.15) is 6.04 Å². The highest BCUT2D eigenvalue weighted by atomic mass is 32.2. The third-order valence-electron chi connectivity index (χ3n) is 4.94. The molecule has 9 heteroatoms. The number of amides is 1. The lowest BCUT2D eigenvalue weighted by Gasteiger charge is -2.29. The number of rotatable bonds is 5. The van der Waals surface area contributed by atoms with Crippen molar-refractivity contribution in [2.75, 3.05) is 24.3 Å². The number of aliphatic hydroxyl groups is 1. The molecule has 2 N–H and O–H groups in total. The zero-order valence-electron chi connectivity index (χ0n) is 16.6. The number of aliphatic hydroxyl groups excluding tert-OH is 1. The van der Waals surface area contributed by atoms with Crippen LogP contribution in [0, 0.1) is 6.92 Å². The Hall–Kier alpha value is -2.26. The van der Waals surface area contributed by atoms with E-state index in [2.05, 4.69) is 15.3 Å². The summed E-state index contributed by atoms with van der Waals surface area (Å²) in [5.74, 6) is 0.234. The van der Waals surface area contributed by atoms with E-state index in [1.165, 1.54) is 0 Å². The van der Waals surface area contributed by atoms with E-state index in [0.29, 0.717) is 24.4 Å². The molecular formula is C19H26N4O4S. The molecule has 2 aromatic rings. The molecule has 1 unspecified atom stereocenters. The van der Waals surface area contributed by atoms with E-state index in [1.807, 2.05) is 11.8 Å². The maximum atomic E-state index is 12.7. The minimum Gasteiger partial charge on any atom is -0.394 e. The van der Waals surface area contributed by atoms with Crippen molar-refractivity contribution < 1.29 is 18.3 Å². The van der Waals surface area contributed by atoms with E-state index in [-0.39, 0.29) is 17.4 Å². The van der Waals surface area contributed by atoms with Crippen molar-refractivity contribution in [3.05, 3.63) is 23.9 Å². The molecule has 1 fully saturated rings. The minimum atomic E-state index is -3.35. The molecule has 0 bridgehead atoms. The van der Waals surface area contributed by atoms with Gasteiger partial charge in [0.05, 0.1) is 28.3 Å². The number of aryl methyl sites for hydroxylation is 1. The minimum absolute atomic E-state index is 0.161. The number of nitrogens with one attached hydrogen (secondary N) is 1. The van der Waals surface area contributed by atoms with Crippen LogP contribution in [-0.4, -0.2) is 60.4 Å². The van der Waals surface area contributed by atoms with Gasteiger partial charge < -0.3 is 15.3 Å². The zero-order valence-corrected chi connectivity index (χ0v) is 17.4. The Kier molecular flexibility index (Phi) is 5.33. The maximum absolute atomic E-state index is 12.7. The summed E-state index contributed by atoms with van der Waals surface area (Å²) >= 11 is 0. The Morgan fingerprint density at radius 2 is 2.07 bits per heavy atom. The Bertz CT molecular complexity index is 1020. The Labute approximate surface area is 164 Å². The Morgan fingerprint density at radius 3 is 2.71 bits per heavy atom. The van der Waals surface area contributed by atoms with Gasteiger partial charge in [-0.25, -0.2) is 18.4 Å². The third-order valence-corrected chi connectivity index (χ3v) is 6.05. The van der Waals surface area contributed by atoms with E-state index in [0.717, 1.165) is 23.8 Å². The van der Waals surface area contributed by atoms with Crippen LogP contribution in [0.3, 0.4) is 0 Å². The number of fused-ring (bicyclic) bond motifs is 1. The molecule has 2 heterocycles. The number of aromatic nitrogens is 2. The van der Waals surface area contributed by atoms with Crippen LogP contribution in [0.2, 0.25) is 0 Å². The molecule has 1 atom stereocenters. The molecule has 1 aromatic heterocycles. The lowest BCUT2D eigenvalue weighted by atomic mass is 10.1. The second-order valence-electron chi connectivity index (χ2n) is 7.94. The van der Waals surface area contributed by atoms with Gasteiger partial charge in [-0.2, -0.15) is 0 Å². The van der Waals surface area contributed by atoms with Gasteiger partial charge in [-0.05, 0) is 51.8 Å². The van der Waals surface area contributed by atoms with Gasteiger partial charge >= 0.3 is 0 Å². The molecule has 0 saturated carbocycles. The molecule has 1 aliphatic rings. The lowest BCUT2D eigenvalue weighted by Crippen LogP contribution is -2.53. The van der Waals surface area contributed by atoms with Crippen LogP contribution in [0.5, 0.6) is 0 Å². The molecule has 0 radical (unpaired) electrons. The molecule has 152 valence electrons. The number of nitrogens with zero attached hydrogens (tertiary/aromatic N) is 3. The topological polar surface area (TPSA) is 112 Å². The molecule has 28 heavy (non-hydrogen) atoms. The first-order valence-corrected chi connectivity index (χ1v) is 11.1. The smallest absolute Gasteiger partial charge is 0.243 e. The van der Waals surface area contributed by atoms with Gasteiger partial charge in [0.15, 0.2) is 9.84 Å². The first-order valence-electron chi connectivity index (χ1n) is 9.20. The molecule has 1 aliphatic heterocycles. The molecule has 1 aromatic carbocycles. The molecule has 1 amide bonds. The fourth-order valence-corrected chi connectivity index (χ4v) is 3.99. The van der Waals surface area contributed by atoms with E-state index in [9.17, 15) is 18.3 Å². The van der Waals surface area contributed by atoms with Crippen molar-refractivity contribution in [2.45, 2.75) is 50.1 Å². The van der Waals surface area contributed by atoms with E-state index in [4.69, 9.17) is 0 Å².